The highest BCUT2D eigenvalue weighted by Gasteiger charge is 2.30. The molecule has 0 atom stereocenters. The average Bonchev–Trinajstić information content (AvgIpc) is 3.20. The molecule has 0 bridgehead atoms. The predicted octanol–water partition coefficient (Wildman–Crippen LogP) is 3.66. The molecule has 0 unspecified atom stereocenters. The number of rotatable bonds is 7. The summed E-state index contributed by atoms with van der Waals surface area (Å²) in [6.45, 7) is 2.92. The zero-order chi connectivity index (χ0) is 20.3. The molecule has 2 aromatic rings. The lowest BCUT2D eigenvalue weighted by atomic mass is 10.2. The van der Waals surface area contributed by atoms with Gasteiger partial charge in [0.2, 0.25) is 10.0 Å². The van der Waals surface area contributed by atoms with Crippen molar-refractivity contribution in [2.24, 2.45) is 0 Å². The minimum atomic E-state index is -3.77. The van der Waals surface area contributed by atoms with Crippen LogP contribution in [-0.2, 0) is 10.0 Å². The Morgan fingerprint density at radius 3 is 2.57 bits per heavy atom. The molecule has 1 saturated heterocycles. The molecule has 1 aliphatic rings. The van der Waals surface area contributed by atoms with Gasteiger partial charge in [0.15, 0.2) is 0 Å². The Balaban J connectivity index is 2.01. The van der Waals surface area contributed by atoms with Crippen LogP contribution in [0.3, 0.4) is 0 Å². The second-order valence-electron chi connectivity index (χ2n) is 6.25. The van der Waals surface area contributed by atoms with E-state index in [4.69, 9.17) is 4.74 Å². The predicted molar refractivity (Wildman–Crippen MR) is 102 cm³/mol. The van der Waals surface area contributed by atoms with E-state index in [1.54, 1.807) is 13.0 Å². The normalized spacial score (nSPS) is 14.8. The van der Waals surface area contributed by atoms with E-state index >= 15 is 0 Å². The summed E-state index contributed by atoms with van der Waals surface area (Å²) >= 11 is 0. The van der Waals surface area contributed by atoms with Gasteiger partial charge in [-0.05, 0) is 50.1 Å². The molecule has 0 saturated carbocycles. The molecule has 0 amide bonds. The van der Waals surface area contributed by atoms with Gasteiger partial charge in [-0.1, -0.05) is 0 Å². The summed E-state index contributed by atoms with van der Waals surface area (Å²) in [5.74, 6) is -0.519. The molecule has 3 rings (SSSR count). The van der Waals surface area contributed by atoms with E-state index in [0.717, 1.165) is 25.0 Å². The van der Waals surface area contributed by atoms with Crippen LogP contribution in [0.4, 0.5) is 21.5 Å². The summed E-state index contributed by atoms with van der Waals surface area (Å²) in [5, 5.41) is 14.0. The molecule has 0 aromatic heterocycles. The van der Waals surface area contributed by atoms with Gasteiger partial charge in [0.05, 0.1) is 17.6 Å². The first-order valence-corrected chi connectivity index (χ1v) is 10.2. The lowest BCUT2D eigenvalue weighted by Crippen LogP contribution is -2.28. The average molecular weight is 409 g/mol. The molecule has 0 spiro atoms. The molecule has 1 N–H and O–H groups in total. The number of anilines is 2. The Bertz CT molecular complexity index is 991. The van der Waals surface area contributed by atoms with Crippen LogP contribution in [0.2, 0.25) is 0 Å². The van der Waals surface area contributed by atoms with Crippen molar-refractivity contribution in [2.75, 3.05) is 25.0 Å². The van der Waals surface area contributed by atoms with Gasteiger partial charge >= 0.3 is 0 Å². The fraction of sp³-hybridized carbons (Fsp3) is 0.333. The minimum Gasteiger partial charge on any atom is -0.492 e. The smallest absolute Gasteiger partial charge is 0.295 e. The Kier molecular flexibility index (Phi) is 5.80. The molecule has 2 aromatic carbocycles. The van der Waals surface area contributed by atoms with Gasteiger partial charge < -0.3 is 10.1 Å². The van der Waals surface area contributed by atoms with E-state index in [1.807, 2.05) is 0 Å². The van der Waals surface area contributed by atoms with Gasteiger partial charge in [0.1, 0.15) is 22.1 Å². The van der Waals surface area contributed by atoms with Crippen LogP contribution in [-0.4, -0.2) is 37.3 Å². The second-order valence-corrected chi connectivity index (χ2v) is 8.16. The number of nitrogens with zero attached hydrogens (tertiary/aromatic N) is 2. The maximum Gasteiger partial charge on any atom is 0.295 e. The largest absolute Gasteiger partial charge is 0.492 e. The van der Waals surface area contributed by atoms with Crippen molar-refractivity contribution in [3.05, 3.63) is 52.3 Å². The summed E-state index contributed by atoms with van der Waals surface area (Å²) < 4.78 is 46.2. The zero-order valence-electron chi connectivity index (χ0n) is 15.2. The molecular formula is C18H20FN3O5S. The standard InChI is InChI=1S/C18H20FN3O5S/c1-2-27-17-8-6-14(12-18(17)28(25,26)21-9-3-4-10-21)20-15-7-5-13(19)11-16(15)22(23)24/h5-8,11-12,20H,2-4,9-10H2,1H3. The first-order valence-electron chi connectivity index (χ1n) is 8.81. The quantitative estimate of drug-likeness (QED) is 0.553. The lowest BCUT2D eigenvalue weighted by Gasteiger charge is -2.19. The number of nitrogens with one attached hydrogen (secondary N) is 1. The van der Waals surface area contributed by atoms with Crippen molar-refractivity contribution in [1.29, 1.82) is 0 Å². The highest BCUT2D eigenvalue weighted by atomic mass is 32.2. The van der Waals surface area contributed by atoms with E-state index < -0.39 is 26.5 Å². The van der Waals surface area contributed by atoms with Crippen molar-refractivity contribution >= 4 is 27.1 Å². The molecular weight excluding hydrogens is 389 g/mol. The van der Waals surface area contributed by atoms with Crippen LogP contribution in [0.5, 0.6) is 5.75 Å². The maximum atomic E-state index is 13.3. The molecule has 0 aliphatic carbocycles. The fourth-order valence-corrected chi connectivity index (χ4v) is 4.72. The third-order valence-corrected chi connectivity index (χ3v) is 6.28. The second kappa shape index (κ2) is 8.11. The van der Waals surface area contributed by atoms with E-state index in [2.05, 4.69) is 5.32 Å². The minimum absolute atomic E-state index is 0.00832. The van der Waals surface area contributed by atoms with Crippen molar-refractivity contribution in [2.45, 2.75) is 24.7 Å². The third-order valence-electron chi connectivity index (χ3n) is 4.36. The number of sulfonamides is 1. The molecule has 28 heavy (non-hydrogen) atoms. The molecule has 1 heterocycles. The monoisotopic (exact) mass is 409 g/mol. The molecule has 1 aliphatic heterocycles. The summed E-state index contributed by atoms with van der Waals surface area (Å²) in [6, 6.07) is 7.57. The molecule has 0 radical (unpaired) electrons. The summed E-state index contributed by atoms with van der Waals surface area (Å²) in [6.07, 6.45) is 1.59. The van der Waals surface area contributed by atoms with E-state index in [0.29, 0.717) is 25.4 Å². The summed E-state index contributed by atoms with van der Waals surface area (Å²) in [7, 11) is -3.77. The Labute approximate surface area is 162 Å². The van der Waals surface area contributed by atoms with Crippen molar-refractivity contribution < 1.29 is 22.5 Å². The van der Waals surface area contributed by atoms with Gasteiger partial charge in [0, 0.05) is 18.8 Å². The topological polar surface area (TPSA) is 102 Å². The first kappa shape index (κ1) is 20.0. The molecule has 8 nitrogen and oxygen atoms in total. The van der Waals surface area contributed by atoms with Crippen LogP contribution in [0.1, 0.15) is 19.8 Å². The maximum absolute atomic E-state index is 13.3. The lowest BCUT2D eigenvalue weighted by molar-refractivity contribution is -0.384. The van der Waals surface area contributed by atoms with Crippen molar-refractivity contribution in [3.8, 4) is 5.75 Å². The molecule has 10 heteroatoms. The zero-order valence-corrected chi connectivity index (χ0v) is 16.0. The molecule has 1 fully saturated rings. The summed E-state index contributed by atoms with van der Waals surface area (Å²) in [5.41, 5.74) is -0.0751. The van der Waals surface area contributed by atoms with Crippen LogP contribution in [0, 0.1) is 15.9 Å². The SMILES string of the molecule is CCOc1ccc(Nc2ccc(F)cc2[N+](=O)[O-])cc1S(=O)(=O)N1CCCC1. The number of benzene rings is 2. The van der Waals surface area contributed by atoms with Gasteiger partial charge in [-0.15, -0.1) is 0 Å². The van der Waals surface area contributed by atoms with Gasteiger partial charge in [-0.2, -0.15) is 4.31 Å². The Morgan fingerprint density at radius 2 is 1.93 bits per heavy atom. The Hall–Kier alpha value is -2.72. The third kappa shape index (κ3) is 4.07. The summed E-state index contributed by atoms with van der Waals surface area (Å²) in [4.78, 5) is 10.5. The van der Waals surface area contributed by atoms with Gasteiger partial charge in [-0.3, -0.25) is 10.1 Å². The van der Waals surface area contributed by atoms with Crippen molar-refractivity contribution in [1.82, 2.24) is 4.31 Å². The number of ether oxygens (including phenoxy) is 1. The van der Waals surface area contributed by atoms with E-state index in [9.17, 15) is 22.9 Å². The molecule has 150 valence electrons. The Morgan fingerprint density at radius 1 is 1.21 bits per heavy atom. The number of nitro groups is 1. The van der Waals surface area contributed by atoms with E-state index in [1.165, 1.54) is 22.5 Å². The van der Waals surface area contributed by atoms with Crippen LogP contribution in [0.15, 0.2) is 41.3 Å². The van der Waals surface area contributed by atoms with Crippen LogP contribution >= 0.6 is 0 Å². The number of halogens is 1. The number of hydrogen-bond acceptors (Lipinski definition) is 6. The fourth-order valence-electron chi connectivity index (χ4n) is 3.05. The van der Waals surface area contributed by atoms with Crippen LogP contribution in [0.25, 0.3) is 0 Å². The van der Waals surface area contributed by atoms with Gasteiger partial charge in [0.25, 0.3) is 5.69 Å². The first-order chi connectivity index (χ1) is 13.3. The highest BCUT2D eigenvalue weighted by Crippen LogP contribution is 2.34. The number of hydrogen-bond donors (Lipinski definition) is 1. The van der Waals surface area contributed by atoms with Crippen LogP contribution < -0.4 is 10.1 Å². The number of nitro benzene ring substituents is 1. The van der Waals surface area contributed by atoms with E-state index in [-0.39, 0.29) is 16.3 Å². The van der Waals surface area contributed by atoms with Crippen molar-refractivity contribution in [3.63, 3.8) is 0 Å². The highest BCUT2D eigenvalue weighted by molar-refractivity contribution is 7.89. The van der Waals surface area contributed by atoms with Gasteiger partial charge in [-0.25, -0.2) is 12.8 Å².